The highest BCUT2D eigenvalue weighted by molar-refractivity contribution is 7.91. The van der Waals surface area contributed by atoms with E-state index in [0.29, 0.717) is 31.6 Å². The Balaban J connectivity index is 1.94. The van der Waals surface area contributed by atoms with Crippen molar-refractivity contribution < 1.29 is 22.7 Å². The lowest BCUT2D eigenvalue weighted by molar-refractivity contribution is -0.151. The highest BCUT2D eigenvalue weighted by Crippen LogP contribution is 2.19. The van der Waals surface area contributed by atoms with Crippen LogP contribution in [0.25, 0.3) is 0 Å². The van der Waals surface area contributed by atoms with Crippen molar-refractivity contribution in [2.75, 3.05) is 25.4 Å². The summed E-state index contributed by atoms with van der Waals surface area (Å²) in [6.07, 6.45) is 1.34. The van der Waals surface area contributed by atoms with E-state index in [0.717, 1.165) is 0 Å². The molecule has 1 heterocycles. The Morgan fingerprint density at radius 2 is 1.96 bits per heavy atom. The molecule has 1 aromatic rings. The summed E-state index contributed by atoms with van der Waals surface area (Å²) in [6.45, 7) is 2.75. The Labute approximate surface area is 142 Å². The van der Waals surface area contributed by atoms with E-state index in [1.165, 1.54) is 4.90 Å². The van der Waals surface area contributed by atoms with Crippen LogP contribution < -0.4 is 0 Å². The summed E-state index contributed by atoms with van der Waals surface area (Å²) in [5.41, 5.74) is 0.661. The van der Waals surface area contributed by atoms with E-state index in [2.05, 4.69) is 0 Å². The highest BCUT2D eigenvalue weighted by Gasteiger charge is 2.31. The fourth-order valence-electron chi connectivity index (χ4n) is 2.81. The fraction of sp³-hybridized carbons (Fsp3) is 0.529. The van der Waals surface area contributed by atoms with Crippen molar-refractivity contribution in [3.8, 4) is 0 Å². The second kappa shape index (κ2) is 8.28. The van der Waals surface area contributed by atoms with Gasteiger partial charge in [0.2, 0.25) is 5.91 Å². The zero-order valence-electron chi connectivity index (χ0n) is 13.8. The molecule has 0 radical (unpaired) electrons. The van der Waals surface area contributed by atoms with Crippen LogP contribution in [-0.4, -0.2) is 50.6 Å². The molecular formula is C17H23NO5S. The lowest BCUT2D eigenvalue weighted by atomic mass is 9.98. The van der Waals surface area contributed by atoms with Crippen LogP contribution in [-0.2, 0) is 29.9 Å². The summed E-state index contributed by atoms with van der Waals surface area (Å²) in [5.74, 6) is -1.81. The maximum Gasteiger partial charge on any atom is 0.310 e. The monoisotopic (exact) mass is 353 g/mol. The van der Waals surface area contributed by atoms with Crippen molar-refractivity contribution in [2.45, 2.75) is 25.5 Å². The number of carbonyl (C=O) groups is 2. The average molecular weight is 353 g/mol. The zero-order chi connectivity index (χ0) is 17.6. The topological polar surface area (TPSA) is 80.8 Å². The summed E-state index contributed by atoms with van der Waals surface area (Å²) < 4.78 is 29.5. The number of rotatable bonds is 6. The number of benzene rings is 1. The van der Waals surface area contributed by atoms with Gasteiger partial charge in [0.15, 0.2) is 9.84 Å². The molecule has 0 spiro atoms. The number of amides is 1. The Kier molecular flexibility index (Phi) is 6.36. The molecule has 0 aliphatic carbocycles. The summed E-state index contributed by atoms with van der Waals surface area (Å²) in [4.78, 5) is 25.6. The molecular weight excluding hydrogens is 330 g/mol. The first-order chi connectivity index (χ1) is 11.4. The molecule has 6 nitrogen and oxygen atoms in total. The summed E-state index contributed by atoms with van der Waals surface area (Å²) in [7, 11) is -3.54. The van der Waals surface area contributed by atoms with E-state index < -0.39 is 21.5 Å². The Hall–Kier alpha value is -1.89. The molecule has 0 N–H and O–H groups in total. The van der Waals surface area contributed by atoms with Gasteiger partial charge in [0.05, 0.1) is 18.3 Å². The van der Waals surface area contributed by atoms with Crippen LogP contribution in [0.5, 0.6) is 0 Å². The largest absolute Gasteiger partial charge is 0.466 e. The molecule has 0 bridgehead atoms. The van der Waals surface area contributed by atoms with Crippen LogP contribution in [0.2, 0.25) is 0 Å². The third kappa shape index (κ3) is 5.33. The standard InChI is InChI=1S/C17H23NO5S/c1-2-23-17(20)15-9-6-10-18(11-15)16(19)13-24(21,22)12-14-7-4-3-5-8-14/h3-5,7-8,15H,2,6,9-13H2,1H3/t15-/m0/s1. The smallest absolute Gasteiger partial charge is 0.310 e. The van der Waals surface area contributed by atoms with Gasteiger partial charge in [-0.15, -0.1) is 0 Å². The van der Waals surface area contributed by atoms with Gasteiger partial charge in [-0.3, -0.25) is 9.59 Å². The van der Waals surface area contributed by atoms with Crippen LogP contribution in [0.4, 0.5) is 0 Å². The zero-order valence-corrected chi connectivity index (χ0v) is 14.6. The van der Waals surface area contributed by atoms with E-state index >= 15 is 0 Å². The summed E-state index contributed by atoms with van der Waals surface area (Å²) in [5, 5.41) is 0. The molecule has 1 atom stereocenters. The SMILES string of the molecule is CCOC(=O)[C@H]1CCCN(C(=O)CS(=O)(=O)Cc2ccccc2)C1. The van der Waals surface area contributed by atoms with Crippen molar-refractivity contribution in [3.63, 3.8) is 0 Å². The number of nitrogens with zero attached hydrogens (tertiary/aromatic N) is 1. The lowest BCUT2D eigenvalue weighted by Gasteiger charge is -2.31. The van der Waals surface area contributed by atoms with E-state index in [4.69, 9.17) is 4.74 Å². The average Bonchev–Trinajstić information content (AvgIpc) is 2.55. The Bertz CT molecular complexity index is 671. The van der Waals surface area contributed by atoms with E-state index in [1.54, 1.807) is 31.2 Å². The van der Waals surface area contributed by atoms with Gasteiger partial charge < -0.3 is 9.64 Å². The molecule has 1 aliphatic heterocycles. The van der Waals surface area contributed by atoms with Gasteiger partial charge in [-0.1, -0.05) is 30.3 Å². The van der Waals surface area contributed by atoms with Crippen LogP contribution in [0.3, 0.4) is 0 Å². The van der Waals surface area contributed by atoms with Gasteiger partial charge in [-0.25, -0.2) is 8.42 Å². The van der Waals surface area contributed by atoms with Crippen LogP contribution in [0, 0.1) is 5.92 Å². The quantitative estimate of drug-likeness (QED) is 0.722. The molecule has 0 aromatic heterocycles. The fourth-order valence-corrected chi connectivity index (χ4v) is 4.18. The molecule has 0 unspecified atom stereocenters. The second-order valence-electron chi connectivity index (χ2n) is 5.95. The molecule has 24 heavy (non-hydrogen) atoms. The molecule has 1 saturated heterocycles. The summed E-state index contributed by atoms with van der Waals surface area (Å²) >= 11 is 0. The third-order valence-electron chi connectivity index (χ3n) is 3.97. The molecule has 7 heteroatoms. The molecule has 2 rings (SSSR count). The van der Waals surface area contributed by atoms with Gasteiger partial charge in [0.25, 0.3) is 0 Å². The maximum absolute atomic E-state index is 12.3. The van der Waals surface area contributed by atoms with Gasteiger partial charge in [0, 0.05) is 13.1 Å². The number of sulfone groups is 1. The second-order valence-corrected chi connectivity index (χ2v) is 8.01. The van der Waals surface area contributed by atoms with Crippen molar-refractivity contribution in [2.24, 2.45) is 5.92 Å². The van der Waals surface area contributed by atoms with Crippen molar-refractivity contribution in [3.05, 3.63) is 35.9 Å². The minimum absolute atomic E-state index is 0.158. The lowest BCUT2D eigenvalue weighted by Crippen LogP contribution is -2.45. The van der Waals surface area contributed by atoms with E-state index in [1.807, 2.05) is 6.07 Å². The molecule has 1 aromatic carbocycles. The molecule has 1 fully saturated rings. The predicted molar refractivity (Wildman–Crippen MR) is 89.9 cm³/mol. The number of hydrogen-bond donors (Lipinski definition) is 0. The molecule has 1 aliphatic rings. The van der Waals surface area contributed by atoms with Crippen LogP contribution in [0.1, 0.15) is 25.3 Å². The molecule has 0 saturated carbocycles. The number of piperidine rings is 1. The van der Waals surface area contributed by atoms with Crippen LogP contribution >= 0.6 is 0 Å². The van der Waals surface area contributed by atoms with Crippen molar-refractivity contribution in [1.29, 1.82) is 0 Å². The van der Waals surface area contributed by atoms with Gasteiger partial charge in [-0.05, 0) is 25.3 Å². The minimum Gasteiger partial charge on any atom is -0.466 e. The predicted octanol–water partition coefficient (Wildman–Crippen LogP) is 1.40. The minimum atomic E-state index is -3.54. The Morgan fingerprint density at radius 1 is 1.25 bits per heavy atom. The first kappa shape index (κ1) is 18.4. The first-order valence-electron chi connectivity index (χ1n) is 8.10. The van der Waals surface area contributed by atoms with Gasteiger partial charge >= 0.3 is 5.97 Å². The Morgan fingerprint density at radius 3 is 2.62 bits per heavy atom. The number of hydrogen-bond acceptors (Lipinski definition) is 5. The van der Waals surface area contributed by atoms with Crippen molar-refractivity contribution in [1.82, 2.24) is 4.90 Å². The van der Waals surface area contributed by atoms with Gasteiger partial charge in [-0.2, -0.15) is 0 Å². The number of likely N-dealkylation sites (tertiary alicyclic amines) is 1. The first-order valence-corrected chi connectivity index (χ1v) is 9.92. The summed E-state index contributed by atoms with van der Waals surface area (Å²) in [6, 6.07) is 8.78. The third-order valence-corrected chi connectivity index (χ3v) is 5.43. The maximum atomic E-state index is 12.3. The van der Waals surface area contributed by atoms with Crippen LogP contribution in [0.15, 0.2) is 30.3 Å². The normalized spacial score (nSPS) is 18.2. The highest BCUT2D eigenvalue weighted by atomic mass is 32.2. The number of carbonyl (C=O) groups excluding carboxylic acids is 2. The van der Waals surface area contributed by atoms with Gasteiger partial charge in [0.1, 0.15) is 5.75 Å². The number of ether oxygens (including phenoxy) is 1. The van der Waals surface area contributed by atoms with Crippen molar-refractivity contribution >= 4 is 21.7 Å². The number of esters is 1. The molecule has 132 valence electrons. The molecule has 1 amide bonds. The van der Waals surface area contributed by atoms with E-state index in [9.17, 15) is 18.0 Å². The van der Waals surface area contributed by atoms with E-state index in [-0.39, 0.29) is 24.2 Å².